The van der Waals surface area contributed by atoms with Crippen LogP contribution in [0.1, 0.15) is 5.56 Å². The summed E-state index contributed by atoms with van der Waals surface area (Å²) in [4.78, 5) is 0. The Kier molecular flexibility index (Phi) is 6.55. The number of alkyl halides is 3. The van der Waals surface area contributed by atoms with Gasteiger partial charge in [0.2, 0.25) is 0 Å². The highest BCUT2D eigenvalue weighted by Crippen LogP contribution is 2.50. The summed E-state index contributed by atoms with van der Waals surface area (Å²) < 4.78 is 96.4. The molecule has 0 bridgehead atoms. The van der Waals surface area contributed by atoms with Crippen molar-refractivity contribution in [2.45, 2.75) is 6.18 Å². The van der Waals surface area contributed by atoms with E-state index in [4.69, 9.17) is 8.83 Å². The summed E-state index contributed by atoms with van der Waals surface area (Å²) in [5.41, 5.74) is 2.70. The molecule has 4 heterocycles. The van der Waals surface area contributed by atoms with Gasteiger partial charge < -0.3 is 18.0 Å². The highest BCUT2D eigenvalue weighted by molar-refractivity contribution is 6.26. The van der Waals surface area contributed by atoms with Crippen LogP contribution in [0, 0.1) is 11.6 Å². The molecule has 12 aromatic rings. The zero-order valence-electron chi connectivity index (χ0n) is 30.0. The number of halogens is 5. The monoisotopic (exact) mass is 768 g/mol. The Morgan fingerprint density at radius 2 is 0.914 bits per heavy atom. The van der Waals surface area contributed by atoms with Crippen molar-refractivity contribution in [2.24, 2.45) is 0 Å². The van der Waals surface area contributed by atoms with Crippen LogP contribution in [0.5, 0.6) is 0 Å². The Bertz CT molecular complexity index is 3690. The molecular weight excluding hydrogens is 744 g/mol. The number of nitrogens with zero attached hydrogens (tertiary/aromatic N) is 2. The number of furan rings is 2. The maximum Gasteiger partial charge on any atom is 0.420 e. The minimum Gasteiger partial charge on any atom is -0.456 e. The molecule has 0 fully saturated rings. The summed E-state index contributed by atoms with van der Waals surface area (Å²) in [6.45, 7) is 0. The first-order valence-corrected chi connectivity index (χ1v) is 18.6. The van der Waals surface area contributed by atoms with Crippen LogP contribution in [0.3, 0.4) is 0 Å². The first-order chi connectivity index (χ1) is 28.2. The van der Waals surface area contributed by atoms with Crippen LogP contribution in [0.2, 0.25) is 0 Å². The number of fused-ring (bicyclic) bond motifs is 14. The highest BCUT2D eigenvalue weighted by Gasteiger charge is 2.41. The largest absolute Gasteiger partial charge is 0.456 e. The van der Waals surface area contributed by atoms with Crippen molar-refractivity contribution in [3.8, 4) is 22.5 Å². The number of hydrogen-bond donors (Lipinski definition) is 0. The van der Waals surface area contributed by atoms with Crippen molar-refractivity contribution in [2.75, 3.05) is 0 Å². The molecule has 58 heavy (non-hydrogen) atoms. The second-order valence-electron chi connectivity index (χ2n) is 14.6. The quantitative estimate of drug-likeness (QED) is 0.168. The summed E-state index contributed by atoms with van der Waals surface area (Å²) >= 11 is 0. The molecule has 0 radical (unpaired) electrons. The molecular formula is C49H25F5N2O2. The van der Waals surface area contributed by atoms with Crippen LogP contribution in [0.25, 0.3) is 110 Å². The summed E-state index contributed by atoms with van der Waals surface area (Å²) in [5, 5.41) is 5.62. The lowest BCUT2D eigenvalue weighted by atomic mass is 9.96. The Hall–Kier alpha value is -7.39. The van der Waals surface area contributed by atoms with Crippen molar-refractivity contribution < 1.29 is 30.8 Å². The summed E-state index contributed by atoms with van der Waals surface area (Å²) in [7, 11) is 0. The van der Waals surface area contributed by atoms with Gasteiger partial charge >= 0.3 is 6.18 Å². The van der Waals surface area contributed by atoms with Gasteiger partial charge in [-0.1, -0.05) is 78.9 Å². The second-order valence-corrected chi connectivity index (χ2v) is 14.6. The lowest BCUT2D eigenvalue weighted by molar-refractivity contribution is -0.137. The Morgan fingerprint density at radius 1 is 0.431 bits per heavy atom. The molecule has 0 saturated carbocycles. The highest BCUT2D eigenvalue weighted by atomic mass is 19.4. The predicted octanol–water partition coefficient (Wildman–Crippen LogP) is 14.6. The number of para-hydroxylation sites is 4. The standard InChI is InChI=1S/C49H25F5N2O2/c50-27-23-26(24-28(51)25-27)29-17-20-38(55-36-13-5-1-9-30(36)32-18-21-41-43(46(32)55)34-11-3-7-15-39(34)57-41)45(49(52,53)54)48(29)56-37-14-6-2-10-31(37)33-19-22-42-44(47(33)56)35-12-4-8-16-40(35)58-42/h1-25H. The van der Waals surface area contributed by atoms with E-state index >= 15 is 22.0 Å². The summed E-state index contributed by atoms with van der Waals surface area (Å²) in [6.07, 6.45) is -5.01. The number of aromatic nitrogens is 2. The predicted molar refractivity (Wildman–Crippen MR) is 220 cm³/mol. The normalized spacial score (nSPS) is 12.6. The third kappa shape index (κ3) is 4.44. The molecule has 9 heteroatoms. The minimum absolute atomic E-state index is 0.0124. The first kappa shape index (κ1) is 32.8. The van der Waals surface area contributed by atoms with Crippen molar-refractivity contribution in [1.29, 1.82) is 0 Å². The molecule has 0 unspecified atom stereocenters. The van der Waals surface area contributed by atoms with Crippen LogP contribution in [0.15, 0.2) is 160 Å². The Balaban J connectivity index is 1.35. The molecule has 0 amide bonds. The fraction of sp³-hybridized carbons (Fsp3) is 0.0204. The van der Waals surface area contributed by atoms with E-state index in [1.807, 2.05) is 97.1 Å². The molecule has 0 spiro atoms. The van der Waals surface area contributed by atoms with Crippen LogP contribution in [-0.2, 0) is 6.18 Å². The van der Waals surface area contributed by atoms with E-state index < -0.39 is 23.4 Å². The van der Waals surface area contributed by atoms with Crippen molar-refractivity contribution in [3.63, 3.8) is 0 Å². The zero-order valence-corrected chi connectivity index (χ0v) is 30.0. The van der Waals surface area contributed by atoms with Gasteiger partial charge in [0.15, 0.2) is 0 Å². The van der Waals surface area contributed by atoms with Crippen LogP contribution >= 0.6 is 0 Å². The molecule has 0 atom stereocenters. The first-order valence-electron chi connectivity index (χ1n) is 18.6. The van der Waals surface area contributed by atoms with Crippen molar-refractivity contribution in [1.82, 2.24) is 9.13 Å². The van der Waals surface area contributed by atoms with Crippen molar-refractivity contribution in [3.05, 3.63) is 169 Å². The van der Waals surface area contributed by atoms with Gasteiger partial charge in [0.05, 0.1) is 44.2 Å². The van der Waals surface area contributed by atoms with Gasteiger partial charge in [-0.3, -0.25) is 0 Å². The van der Waals surface area contributed by atoms with Crippen LogP contribution in [-0.4, -0.2) is 9.13 Å². The molecule has 0 N–H and O–H groups in total. The SMILES string of the molecule is Fc1cc(F)cc(-c2ccc(-n3c4ccccc4c4ccc5oc6ccccc6c5c43)c(C(F)(F)F)c2-n2c3ccccc3c3ccc4oc5ccccc5c4c32)c1. The van der Waals surface area contributed by atoms with E-state index in [0.29, 0.717) is 77.4 Å². The lowest BCUT2D eigenvalue weighted by Gasteiger charge is -2.24. The van der Waals surface area contributed by atoms with Crippen LogP contribution < -0.4 is 0 Å². The maximum absolute atomic E-state index is 16.7. The molecule has 12 rings (SSSR count). The van der Waals surface area contributed by atoms with Gasteiger partial charge in [-0.25, -0.2) is 8.78 Å². The minimum atomic E-state index is -5.01. The van der Waals surface area contributed by atoms with E-state index in [1.54, 1.807) is 33.4 Å². The topological polar surface area (TPSA) is 36.1 Å². The summed E-state index contributed by atoms with van der Waals surface area (Å²) in [6, 6.07) is 42.7. The molecule has 0 aliphatic rings. The fourth-order valence-corrected chi connectivity index (χ4v) is 9.23. The van der Waals surface area contributed by atoms with Crippen LogP contribution in [0.4, 0.5) is 22.0 Å². The molecule has 0 saturated heterocycles. The second kappa shape index (κ2) is 11.6. The Labute approximate surface area is 324 Å². The van der Waals surface area contributed by atoms with Gasteiger partial charge in [0.25, 0.3) is 0 Å². The van der Waals surface area contributed by atoms with Gasteiger partial charge in [0.1, 0.15) is 39.5 Å². The Morgan fingerprint density at radius 3 is 1.47 bits per heavy atom. The maximum atomic E-state index is 16.7. The fourth-order valence-electron chi connectivity index (χ4n) is 9.23. The third-order valence-electron chi connectivity index (χ3n) is 11.4. The average molecular weight is 769 g/mol. The molecule has 8 aromatic carbocycles. The average Bonchev–Trinajstić information content (AvgIpc) is 3.97. The van der Waals surface area contributed by atoms with E-state index in [2.05, 4.69) is 0 Å². The van der Waals surface area contributed by atoms with Gasteiger partial charge in [-0.15, -0.1) is 0 Å². The third-order valence-corrected chi connectivity index (χ3v) is 11.4. The molecule has 278 valence electrons. The van der Waals surface area contributed by atoms with E-state index in [-0.39, 0.29) is 22.5 Å². The summed E-state index contributed by atoms with van der Waals surface area (Å²) in [5.74, 6) is -1.83. The number of hydrogen-bond acceptors (Lipinski definition) is 2. The van der Waals surface area contributed by atoms with E-state index in [0.717, 1.165) is 28.3 Å². The molecule has 4 nitrogen and oxygen atoms in total. The van der Waals surface area contributed by atoms with E-state index in [9.17, 15) is 0 Å². The van der Waals surface area contributed by atoms with Gasteiger partial charge in [0, 0.05) is 43.9 Å². The molecule has 0 aliphatic heterocycles. The molecule has 0 aliphatic carbocycles. The lowest BCUT2D eigenvalue weighted by Crippen LogP contribution is -2.17. The zero-order chi connectivity index (χ0) is 39.0. The van der Waals surface area contributed by atoms with Crippen molar-refractivity contribution >= 4 is 87.5 Å². The number of rotatable bonds is 3. The van der Waals surface area contributed by atoms with Gasteiger partial charge in [-0.05, 0) is 72.3 Å². The smallest absolute Gasteiger partial charge is 0.420 e. The van der Waals surface area contributed by atoms with Gasteiger partial charge in [-0.2, -0.15) is 13.2 Å². The number of benzene rings is 8. The van der Waals surface area contributed by atoms with E-state index in [1.165, 1.54) is 12.1 Å². The molecule has 4 aromatic heterocycles.